The second kappa shape index (κ2) is 20.8. The monoisotopic (exact) mass is 750 g/mol. The molecule has 16 heteroatoms. The summed E-state index contributed by atoms with van der Waals surface area (Å²) >= 11 is 0. The van der Waals surface area contributed by atoms with E-state index in [0.717, 1.165) is 43.9 Å². The molecule has 0 spiro atoms. The maximum absolute atomic E-state index is 12.4. The van der Waals surface area contributed by atoms with Gasteiger partial charge >= 0.3 is 11.9 Å². The number of carboxylic acid groups (broad SMARTS) is 1. The first-order valence-corrected chi connectivity index (χ1v) is 19.8. The summed E-state index contributed by atoms with van der Waals surface area (Å²) in [7, 11) is 0. The second-order valence-electron chi connectivity index (χ2n) is 15.9. The van der Waals surface area contributed by atoms with Crippen LogP contribution >= 0.6 is 0 Å². The zero-order valence-electron chi connectivity index (χ0n) is 32.2. The molecule has 0 radical (unpaired) electrons. The number of hydrogen-bond donors (Lipinski definition) is 1. The van der Waals surface area contributed by atoms with Crippen LogP contribution in [0.15, 0.2) is 34.4 Å². The van der Waals surface area contributed by atoms with Crippen molar-refractivity contribution in [3.8, 4) is 0 Å². The van der Waals surface area contributed by atoms with Gasteiger partial charge in [0.1, 0.15) is 44.0 Å². The maximum Gasteiger partial charge on any atom is 0.307 e. The Morgan fingerprint density at radius 2 is 1.22 bits per heavy atom. The topological polar surface area (TPSA) is 203 Å². The van der Waals surface area contributed by atoms with Crippen LogP contribution in [0.25, 0.3) is 0 Å². The third-order valence-electron chi connectivity index (χ3n) is 10.2. The van der Waals surface area contributed by atoms with Gasteiger partial charge in [0, 0.05) is 11.8 Å². The van der Waals surface area contributed by atoms with Crippen molar-refractivity contribution in [3.05, 3.63) is 48.7 Å². The normalized spacial score (nSPS) is 16.7. The number of hydrogen-bond acceptors (Lipinski definition) is 13. The van der Waals surface area contributed by atoms with E-state index in [9.17, 15) is 14.7 Å². The van der Waals surface area contributed by atoms with Gasteiger partial charge in [-0.25, -0.2) is 19.3 Å². The molecule has 1 N–H and O–H groups in total. The summed E-state index contributed by atoms with van der Waals surface area (Å²) in [5.41, 5.74) is -0.503. The largest absolute Gasteiger partial charge is 0.481 e. The minimum Gasteiger partial charge on any atom is -0.481 e. The van der Waals surface area contributed by atoms with Crippen molar-refractivity contribution in [2.24, 2.45) is 11.8 Å². The van der Waals surface area contributed by atoms with E-state index in [1.807, 2.05) is 20.8 Å². The molecule has 0 unspecified atom stereocenters. The number of aromatic nitrogens is 10. The van der Waals surface area contributed by atoms with E-state index in [0.29, 0.717) is 36.5 Å². The molecule has 0 aromatic carbocycles. The predicted molar refractivity (Wildman–Crippen MR) is 196 cm³/mol. The zero-order chi connectivity index (χ0) is 38.2. The Hall–Kier alpha value is -4.50. The highest BCUT2D eigenvalue weighted by molar-refractivity contribution is 5.70. The molecule has 4 heterocycles. The van der Waals surface area contributed by atoms with Gasteiger partial charge in [0.2, 0.25) is 11.8 Å². The summed E-state index contributed by atoms with van der Waals surface area (Å²) < 4.78 is 19.6. The molecule has 16 nitrogen and oxygen atoms in total. The summed E-state index contributed by atoms with van der Waals surface area (Å²) in [5, 5.41) is 25.3. The SMILES string of the molecule is CC(C)(C)OC(=O)C[C@@H](CCCC1CCCCC1)c1nc(Cn2cncn2)no1.O=C(O)C[C@@H](CCCC1CCCCC1)c1nc(Cn2cncn2)no1. The summed E-state index contributed by atoms with van der Waals surface area (Å²) in [4.78, 5) is 40.3. The fraction of sp³-hybridized carbons (Fsp3) is 0.737. The van der Waals surface area contributed by atoms with E-state index in [-0.39, 0.29) is 30.6 Å². The third kappa shape index (κ3) is 14.4. The van der Waals surface area contributed by atoms with Crippen molar-refractivity contribution in [2.75, 3.05) is 0 Å². The van der Waals surface area contributed by atoms with E-state index in [1.54, 1.807) is 22.0 Å². The fourth-order valence-electron chi connectivity index (χ4n) is 7.59. The molecule has 4 aromatic rings. The highest BCUT2D eigenvalue weighted by Crippen LogP contribution is 2.33. The van der Waals surface area contributed by atoms with Gasteiger partial charge in [0.25, 0.3) is 0 Å². The Morgan fingerprint density at radius 3 is 1.63 bits per heavy atom. The highest BCUT2D eigenvalue weighted by Gasteiger charge is 2.27. The molecule has 54 heavy (non-hydrogen) atoms. The molecule has 4 aromatic heterocycles. The van der Waals surface area contributed by atoms with E-state index in [1.165, 1.54) is 83.3 Å². The summed E-state index contributed by atoms with van der Waals surface area (Å²) in [6.45, 7) is 6.40. The van der Waals surface area contributed by atoms with Gasteiger partial charge in [0.15, 0.2) is 11.6 Å². The third-order valence-corrected chi connectivity index (χ3v) is 10.2. The number of carboxylic acids is 1. The maximum atomic E-state index is 12.4. The Morgan fingerprint density at radius 1 is 0.759 bits per heavy atom. The number of esters is 1. The number of aliphatic carboxylic acids is 1. The quantitative estimate of drug-likeness (QED) is 0.0992. The van der Waals surface area contributed by atoms with Crippen LogP contribution in [-0.2, 0) is 27.4 Å². The molecule has 2 saturated carbocycles. The number of carbonyl (C=O) groups is 2. The molecule has 2 fully saturated rings. The first kappa shape index (κ1) is 40.7. The van der Waals surface area contributed by atoms with Crippen molar-refractivity contribution in [3.63, 3.8) is 0 Å². The van der Waals surface area contributed by atoms with E-state index in [4.69, 9.17) is 13.8 Å². The van der Waals surface area contributed by atoms with Crippen LogP contribution in [0.1, 0.15) is 172 Å². The molecule has 6 rings (SSSR count). The molecule has 0 aliphatic heterocycles. The molecular weight excluding hydrogens is 692 g/mol. The average Bonchev–Trinajstić information content (AvgIpc) is 3.98. The summed E-state index contributed by atoms with van der Waals surface area (Å²) in [6.07, 6.45) is 25.8. The molecule has 0 bridgehead atoms. The minimum absolute atomic E-state index is 0.0234. The molecule has 2 aliphatic rings. The Bertz CT molecular complexity index is 1640. The summed E-state index contributed by atoms with van der Waals surface area (Å²) in [5.74, 6) is 2.16. The lowest BCUT2D eigenvalue weighted by atomic mass is 9.84. The van der Waals surface area contributed by atoms with Crippen molar-refractivity contribution in [2.45, 2.75) is 167 Å². The number of nitrogens with zero attached hydrogens (tertiary/aromatic N) is 10. The first-order chi connectivity index (χ1) is 26.1. The minimum atomic E-state index is -0.835. The molecule has 0 saturated heterocycles. The van der Waals surface area contributed by atoms with Crippen LogP contribution < -0.4 is 0 Å². The van der Waals surface area contributed by atoms with Gasteiger partial charge in [-0.05, 0) is 45.4 Å². The lowest BCUT2D eigenvalue weighted by Crippen LogP contribution is -2.25. The van der Waals surface area contributed by atoms with E-state index >= 15 is 0 Å². The average molecular weight is 751 g/mol. The van der Waals surface area contributed by atoms with E-state index in [2.05, 4.69) is 40.4 Å². The standard InChI is InChI=1S/C21H33N5O3.C17H25N5O3/c1-21(2,3)28-19(27)12-17(11-7-10-16-8-5-4-6-9-16)20-24-18(25-29-20)13-26-15-22-14-23-26;23-16(24)9-14(8-4-7-13-5-2-1-3-6-13)17-20-15(21-25-17)10-22-12-18-11-19-22/h14-17H,4-13H2,1-3H3;11-14H,1-10H2,(H,23,24)/t17-;14-/m11/s1. The Labute approximate surface area is 317 Å². The zero-order valence-corrected chi connectivity index (χ0v) is 32.2. The van der Waals surface area contributed by atoms with Crippen molar-refractivity contribution >= 4 is 11.9 Å². The van der Waals surface area contributed by atoms with Crippen molar-refractivity contribution in [1.82, 2.24) is 49.8 Å². The van der Waals surface area contributed by atoms with Crippen LogP contribution in [0.5, 0.6) is 0 Å². The van der Waals surface area contributed by atoms with Gasteiger partial charge in [0.05, 0.1) is 12.8 Å². The number of ether oxygens (including phenoxy) is 1. The smallest absolute Gasteiger partial charge is 0.307 e. The lowest BCUT2D eigenvalue weighted by Gasteiger charge is -2.23. The van der Waals surface area contributed by atoms with Gasteiger partial charge in [-0.2, -0.15) is 20.2 Å². The molecule has 296 valence electrons. The first-order valence-electron chi connectivity index (χ1n) is 19.8. The lowest BCUT2D eigenvalue weighted by molar-refractivity contribution is -0.155. The van der Waals surface area contributed by atoms with Crippen LogP contribution in [-0.4, -0.2) is 72.5 Å². The molecule has 2 atom stereocenters. The molecule has 2 aliphatic carbocycles. The number of rotatable bonds is 18. The van der Waals surface area contributed by atoms with Gasteiger partial charge in [-0.15, -0.1) is 0 Å². The second-order valence-corrected chi connectivity index (χ2v) is 15.9. The van der Waals surface area contributed by atoms with Crippen molar-refractivity contribution in [1.29, 1.82) is 0 Å². The fourth-order valence-corrected chi connectivity index (χ4v) is 7.59. The van der Waals surface area contributed by atoms with Crippen LogP contribution in [0, 0.1) is 11.8 Å². The Kier molecular flexibility index (Phi) is 15.7. The van der Waals surface area contributed by atoms with Crippen LogP contribution in [0.3, 0.4) is 0 Å². The number of carbonyl (C=O) groups excluding carboxylic acids is 1. The van der Waals surface area contributed by atoms with Gasteiger partial charge in [-0.3, -0.25) is 9.59 Å². The summed E-state index contributed by atoms with van der Waals surface area (Å²) in [6, 6.07) is 0. The van der Waals surface area contributed by atoms with Crippen LogP contribution in [0.4, 0.5) is 0 Å². The molecule has 0 amide bonds. The van der Waals surface area contributed by atoms with Gasteiger partial charge in [-0.1, -0.05) is 100 Å². The van der Waals surface area contributed by atoms with Crippen LogP contribution in [0.2, 0.25) is 0 Å². The highest BCUT2D eigenvalue weighted by atomic mass is 16.6. The Balaban J connectivity index is 0.000000210. The van der Waals surface area contributed by atoms with E-state index < -0.39 is 11.6 Å². The predicted octanol–water partition coefficient (Wildman–Crippen LogP) is 7.29. The van der Waals surface area contributed by atoms with Gasteiger partial charge < -0.3 is 18.9 Å². The molecular formula is C38H58N10O6. The van der Waals surface area contributed by atoms with Crippen molar-refractivity contribution < 1.29 is 28.5 Å².